The van der Waals surface area contributed by atoms with Gasteiger partial charge in [-0.15, -0.1) is 5.10 Å². The summed E-state index contributed by atoms with van der Waals surface area (Å²) in [7, 11) is 3.04. The van der Waals surface area contributed by atoms with Gasteiger partial charge in [-0.1, -0.05) is 5.21 Å². The van der Waals surface area contributed by atoms with Gasteiger partial charge in [-0.25, -0.2) is 13.8 Å². The van der Waals surface area contributed by atoms with Gasteiger partial charge >= 0.3 is 0 Å². The van der Waals surface area contributed by atoms with Gasteiger partial charge in [-0.05, 0) is 0 Å². The number of likely N-dealkylation sites (N-methyl/N-ethyl adjacent to an activating group) is 1. The van der Waals surface area contributed by atoms with Crippen LogP contribution in [-0.4, -0.2) is 91.0 Å². The Bertz CT molecular complexity index is 1160. The number of alkyl halides is 2. The highest BCUT2D eigenvalue weighted by molar-refractivity contribution is 5.84. The Morgan fingerprint density at radius 3 is 2.91 bits per heavy atom. The van der Waals surface area contributed by atoms with Crippen molar-refractivity contribution in [3.05, 3.63) is 18.2 Å². The summed E-state index contributed by atoms with van der Waals surface area (Å²) in [6, 6.07) is 0. The van der Waals surface area contributed by atoms with Gasteiger partial charge in [-0.2, -0.15) is 14.6 Å². The number of aliphatic hydroxyl groups is 1. The fourth-order valence-electron chi connectivity index (χ4n) is 3.50. The van der Waals surface area contributed by atoms with Crippen molar-refractivity contribution in [2.24, 2.45) is 0 Å². The monoisotopic (exact) mass is 481 g/mol. The molecule has 34 heavy (non-hydrogen) atoms. The molecular formula is C19H25F2N9O4. The fraction of sp³-hybridized carbons (Fsp3) is 0.579. The zero-order valence-electron chi connectivity index (χ0n) is 18.8. The Hall–Kier alpha value is -3.30. The largest absolute Gasteiger partial charge is 0.388 e. The highest BCUT2D eigenvalue weighted by Gasteiger charge is 2.39. The minimum Gasteiger partial charge on any atom is -0.388 e. The maximum atomic E-state index is 13.5. The topological polar surface area (TPSA) is 154 Å². The highest BCUT2D eigenvalue weighted by atomic mass is 19.3. The average Bonchev–Trinajstić information content (AvgIpc) is 3.53. The van der Waals surface area contributed by atoms with Gasteiger partial charge in [0.15, 0.2) is 23.2 Å². The Balaban J connectivity index is 1.74. The van der Waals surface area contributed by atoms with Crippen LogP contribution in [0.5, 0.6) is 0 Å². The van der Waals surface area contributed by atoms with Crippen molar-refractivity contribution in [2.45, 2.75) is 44.1 Å². The predicted molar refractivity (Wildman–Crippen MR) is 114 cm³/mol. The van der Waals surface area contributed by atoms with E-state index in [1.807, 2.05) is 0 Å². The standard InChI is InChI=1S/C19H25F2N9O4/c1-19(20,21)8-23-14-13-15(26-18(25-14)30-7-10(27-28-30)4-5-33-3)29(9-24-13)17-11(31)6-12(34-17)16(32)22-2/h7,9,11-12,17,31H,4-6,8H2,1-3H3,(H,22,32)(H,23,25,26)/t11-,12+,17-/m1/s1. The Morgan fingerprint density at radius 2 is 2.21 bits per heavy atom. The maximum absolute atomic E-state index is 13.5. The first-order valence-corrected chi connectivity index (χ1v) is 10.5. The van der Waals surface area contributed by atoms with Crippen LogP contribution in [0.3, 0.4) is 0 Å². The summed E-state index contributed by atoms with van der Waals surface area (Å²) in [6.45, 7) is 0.523. The lowest BCUT2D eigenvalue weighted by molar-refractivity contribution is -0.134. The number of imidazole rings is 1. The van der Waals surface area contributed by atoms with E-state index in [1.54, 1.807) is 13.3 Å². The first kappa shape index (κ1) is 23.8. The Labute approximate surface area is 192 Å². The van der Waals surface area contributed by atoms with Crippen LogP contribution in [0.4, 0.5) is 14.6 Å². The number of fused-ring (bicyclic) bond motifs is 1. The fourth-order valence-corrected chi connectivity index (χ4v) is 3.50. The zero-order valence-corrected chi connectivity index (χ0v) is 18.8. The van der Waals surface area contributed by atoms with E-state index in [-0.39, 0.29) is 35.3 Å². The summed E-state index contributed by atoms with van der Waals surface area (Å²) in [4.78, 5) is 25.0. The number of hydrogen-bond donors (Lipinski definition) is 3. The number of amides is 1. The molecule has 3 aromatic heterocycles. The van der Waals surface area contributed by atoms with Crippen molar-refractivity contribution < 1.29 is 28.2 Å². The predicted octanol–water partition coefficient (Wildman–Crippen LogP) is 0.0574. The van der Waals surface area contributed by atoms with Crippen LogP contribution in [0.2, 0.25) is 0 Å². The third-order valence-electron chi connectivity index (χ3n) is 5.19. The van der Waals surface area contributed by atoms with E-state index in [2.05, 4.69) is 35.9 Å². The van der Waals surface area contributed by atoms with E-state index >= 15 is 0 Å². The molecule has 0 radical (unpaired) electrons. The quantitative estimate of drug-likeness (QED) is 0.382. The van der Waals surface area contributed by atoms with Crippen LogP contribution in [0.25, 0.3) is 17.1 Å². The van der Waals surface area contributed by atoms with Crippen LogP contribution in [0.1, 0.15) is 25.3 Å². The molecule has 3 N–H and O–H groups in total. The summed E-state index contributed by atoms with van der Waals surface area (Å²) < 4.78 is 40.6. The second-order valence-electron chi connectivity index (χ2n) is 7.95. The molecule has 1 saturated heterocycles. The average molecular weight is 481 g/mol. The molecule has 0 aromatic carbocycles. The molecule has 3 atom stereocenters. The lowest BCUT2D eigenvalue weighted by atomic mass is 10.2. The molecular weight excluding hydrogens is 456 g/mol. The Morgan fingerprint density at radius 1 is 1.41 bits per heavy atom. The molecule has 0 bridgehead atoms. The molecule has 3 aromatic rings. The van der Waals surface area contributed by atoms with Crippen molar-refractivity contribution >= 4 is 22.9 Å². The number of aromatic nitrogens is 7. The summed E-state index contributed by atoms with van der Waals surface area (Å²) in [5.41, 5.74) is 1.01. The second kappa shape index (κ2) is 9.52. The van der Waals surface area contributed by atoms with Gasteiger partial charge < -0.3 is 25.2 Å². The van der Waals surface area contributed by atoms with Crippen LogP contribution in [0.15, 0.2) is 12.5 Å². The lowest BCUT2D eigenvalue weighted by Crippen LogP contribution is -2.31. The minimum atomic E-state index is -3.01. The van der Waals surface area contributed by atoms with E-state index in [9.17, 15) is 18.7 Å². The molecule has 0 spiro atoms. The van der Waals surface area contributed by atoms with Crippen LogP contribution < -0.4 is 10.6 Å². The normalized spacial score (nSPS) is 20.7. The number of carbonyl (C=O) groups is 1. The van der Waals surface area contributed by atoms with E-state index in [0.29, 0.717) is 18.7 Å². The third-order valence-corrected chi connectivity index (χ3v) is 5.19. The number of rotatable bonds is 9. The number of hydrogen-bond acceptors (Lipinski definition) is 10. The van der Waals surface area contributed by atoms with E-state index in [0.717, 1.165) is 6.92 Å². The van der Waals surface area contributed by atoms with Crippen LogP contribution in [0, 0.1) is 0 Å². The SMILES string of the molecule is CNC(=O)[C@@H]1C[C@@H](O)[C@H](n2cnc3c(NCC(C)(F)F)nc(-n4cc(CCOC)nn4)nc32)O1. The molecule has 13 nitrogen and oxygen atoms in total. The zero-order chi connectivity index (χ0) is 24.5. The number of ether oxygens (including phenoxy) is 2. The van der Waals surface area contributed by atoms with Gasteiger partial charge in [0.25, 0.3) is 11.9 Å². The number of nitrogens with one attached hydrogen (secondary N) is 2. The number of carbonyl (C=O) groups excluding carboxylic acids is 1. The van der Waals surface area contributed by atoms with E-state index < -0.39 is 30.9 Å². The van der Waals surface area contributed by atoms with Crippen LogP contribution in [-0.2, 0) is 20.7 Å². The van der Waals surface area contributed by atoms with E-state index in [1.165, 1.54) is 22.6 Å². The molecule has 1 amide bonds. The molecule has 1 aliphatic heterocycles. The van der Waals surface area contributed by atoms with Gasteiger partial charge in [0, 0.05) is 33.9 Å². The molecule has 0 aliphatic carbocycles. The summed E-state index contributed by atoms with van der Waals surface area (Å²) >= 11 is 0. The minimum absolute atomic E-state index is 0.0441. The molecule has 184 valence electrons. The van der Waals surface area contributed by atoms with Gasteiger partial charge in [0.1, 0.15) is 12.2 Å². The third kappa shape index (κ3) is 4.95. The number of nitrogens with zero attached hydrogens (tertiary/aromatic N) is 7. The molecule has 1 aliphatic rings. The molecule has 4 rings (SSSR count). The van der Waals surface area contributed by atoms with Crippen molar-refractivity contribution in [2.75, 3.05) is 32.6 Å². The highest BCUT2D eigenvalue weighted by Crippen LogP contribution is 2.32. The lowest BCUT2D eigenvalue weighted by Gasteiger charge is -2.17. The number of anilines is 1. The first-order chi connectivity index (χ1) is 16.2. The smallest absolute Gasteiger partial charge is 0.262 e. The molecule has 1 fully saturated rings. The Kier molecular flexibility index (Phi) is 6.67. The first-order valence-electron chi connectivity index (χ1n) is 10.5. The van der Waals surface area contributed by atoms with Crippen LogP contribution >= 0.6 is 0 Å². The van der Waals surface area contributed by atoms with Gasteiger partial charge in [0.05, 0.1) is 31.4 Å². The second-order valence-corrected chi connectivity index (χ2v) is 7.95. The molecule has 4 heterocycles. The van der Waals surface area contributed by atoms with Crippen molar-refractivity contribution in [1.82, 2.24) is 39.8 Å². The maximum Gasteiger partial charge on any atom is 0.262 e. The van der Waals surface area contributed by atoms with Gasteiger partial charge in [0.2, 0.25) is 5.91 Å². The summed E-state index contributed by atoms with van der Waals surface area (Å²) in [5, 5.41) is 23.7. The van der Waals surface area contributed by atoms with Crippen molar-refractivity contribution in [3.8, 4) is 5.95 Å². The molecule has 0 saturated carbocycles. The number of halogens is 2. The number of methoxy groups -OCH3 is 1. The summed E-state index contributed by atoms with van der Waals surface area (Å²) in [6.07, 6.45) is 0.670. The number of aliphatic hydroxyl groups excluding tert-OH is 1. The molecule has 0 unspecified atom stereocenters. The summed E-state index contributed by atoms with van der Waals surface area (Å²) in [5.74, 6) is -3.29. The van der Waals surface area contributed by atoms with Crippen molar-refractivity contribution in [1.29, 1.82) is 0 Å². The van der Waals surface area contributed by atoms with Gasteiger partial charge in [-0.3, -0.25) is 9.36 Å². The van der Waals surface area contributed by atoms with Crippen molar-refractivity contribution in [3.63, 3.8) is 0 Å². The molecule has 15 heteroatoms. The van der Waals surface area contributed by atoms with E-state index in [4.69, 9.17) is 9.47 Å².